The fraction of sp³-hybridized carbons (Fsp3) is 0.448. The van der Waals surface area contributed by atoms with Gasteiger partial charge in [-0.1, -0.05) is 107 Å². The first-order valence-corrected chi connectivity index (χ1v) is 13.7. The minimum atomic E-state index is -2.59. The van der Waals surface area contributed by atoms with Crippen molar-refractivity contribution in [1.82, 2.24) is 0 Å². The van der Waals surface area contributed by atoms with Crippen molar-refractivity contribution < 1.29 is 9.53 Å². The first kappa shape index (κ1) is 24.7. The van der Waals surface area contributed by atoms with Crippen LogP contribution in [0.3, 0.4) is 0 Å². The van der Waals surface area contributed by atoms with Gasteiger partial charge in [-0.2, -0.15) is 0 Å². The SMILES string of the molecule is C=C[C@]1(C)CC[C@@H](CO[Si](c2ccccc2)(c2ccccc2)C(C)(C)C)[C@@H]1C(O)C(=C)C. The van der Waals surface area contributed by atoms with Gasteiger partial charge in [0, 0.05) is 12.5 Å². The van der Waals surface area contributed by atoms with E-state index in [1.165, 1.54) is 10.4 Å². The summed E-state index contributed by atoms with van der Waals surface area (Å²) in [6, 6.07) is 21.5. The molecule has 32 heavy (non-hydrogen) atoms. The molecule has 0 aromatic heterocycles. The maximum Gasteiger partial charge on any atom is 0.261 e. The summed E-state index contributed by atoms with van der Waals surface area (Å²) in [5.41, 5.74) is 0.707. The van der Waals surface area contributed by atoms with Crippen LogP contribution in [0.1, 0.15) is 47.5 Å². The molecule has 0 heterocycles. The maximum atomic E-state index is 11.1. The summed E-state index contributed by atoms with van der Waals surface area (Å²) in [4.78, 5) is 0. The van der Waals surface area contributed by atoms with Gasteiger partial charge in [0.25, 0.3) is 8.32 Å². The monoisotopic (exact) mass is 448 g/mol. The van der Waals surface area contributed by atoms with E-state index in [-0.39, 0.29) is 22.3 Å². The molecule has 0 aliphatic heterocycles. The van der Waals surface area contributed by atoms with Crippen LogP contribution in [0.15, 0.2) is 85.5 Å². The van der Waals surface area contributed by atoms with Gasteiger partial charge in [-0.05, 0) is 46.5 Å². The zero-order valence-corrected chi connectivity index (χ0v) is 21.5. The highest BCUT2D eigenvalue weighted by Gasteiger charge is 2.52. The molecule has 0 bridgehead atoms. The summed E-state index contributed by atoms with van der Waals surface area (Å²) >= 11 is 0. The Hall–Kier alpha value is -1.94. The second-order valence-electron chi connectivity index (χ2n) is 10.8. The van der Waals surface area contributed by atoms with E-state index in [1.807, 2.05) is 13.0 Å². The van der Waals surface area contributed by atoms with Crippen LogP contribution in [0.2, 0.25) is 5.04 Å². The van der Waals surface area contributed by atoms with Crippen LogP contribution in [0.25, 0.3) is 0 Å². The number of rotatable bonds is 8. The molecule has 2 aromatic rings. The van der Waals surface area contributed by atoms with Crippen LogP contribution in [0.4, 0.5) is 0 Å². The molecule has 1 unspecified atom stereocenters. The van der Waals surface area contributed by atoms with Crippen LogP contribution >= 0.6 is 0 Å². The lowest BCUT2D eigenvalue weighted by atomic mass is 9.72. The number of hydrogen-bond donors (Lipinski definition) is 1. The first-order chi connectivity index (χ1) is 15.1. The van der Waals surface area contributed by atoms with Gasteiger partial charge in [0.2, 0.25) is 0 Å². The summed E-state index contributed by atoms with van der Waals surface area (Å²) in [5.74, 6) is 0.321. The van der Waals surface area contributed by atoms with Crippen molar-refractivity contribution in [2.24, 2.45) is 17.3 Å². The van der Waals surface area contributed by atoms with Crippen LogP contribution in [-0.2, 0) is 4.43 Å². The number of hydrogen-bond acceptors (Lipinski definition) is 2. The molecule has 3 rings (SSSR count). The van der Waals surface area contributed by atoms with Crippen LogP contribution in [-0.4, -0.2) is 26.1 Å². The Bertz CT molecular complexity index is 876. The van der Waals surface area contributed by atoms with Crippen LogP contribution in [0, 0.1) is 17.3 Å². The molecule has 172 valence electrons. The Labute approximate surface area is 196 Å². The summed E-state index contributed by atoms with van der Waals surface area (Å²) in [6.45, 7) is 19.9. The molecule has 0 amide bonds. The summed E-state index contributed by atoms with van der Waals surface area (Å²) < 4.78 is 7.21. The number of benzene rings is 2. The van der Waals surface area contributed by atoms with Crippen molar-refractivity contribution in [2.75, 3.05) is 6.61 Å². The molecule has 0 spiro atoms. The van der Waals surface area contributed by atoms with Gasteiger partial charge in [-0.25, -0.2) is 0 Å². The van der Waals surface area contributed by atoms with Crippen molar-refractivity contribution >= 4 is 18.7 Å². The molecular weight excluding hydrogens is 408 g/mol. The second kappa shape index (κ2) is 9.50. The zero-order chi connectivity index (χ0) is 23.6. The third-order valence-corrected chi connectivity index (χ3v) is 12.6. The third kappa shape index (κ3) is 4.43. The molecule has 0 radical (unpaired) electrons. The van der Waals surface area contributed by atoms with Crippen LogP contribution in [0.5, 0.6) is 0 Å². The minimum absolute atomic E-state index is 0.0570. The first-order valence-electron chi connectivity index (χ1n) is 11.8. The molecule has 1 fully saturated rings. The Morgan fingerprint density at radius 3 is 2.03 bits per heavy atom. The molecule has 3 heteroatoms. The van der Waals surface area contributed by atoms with E-state index in [1.54, 1.807) is 0 Å². The van der Waals surface area contributed by atoms with E-state index in [4.69, 9.17) is 4.43 Å². The van der Waals surface area contributed by atoms with E-state index in [2.05, 4.69) is 102 Å². The fourth-order valence-corrected chi connectivity index (χ4v) is 10.3. The Balaban J connectivity index is 2.05. The molecular formula is C29H40O2Si. The van der Waals surface area contributed by atoms with E-state index in [9.17, 15) is 5.11 Å². The number of aliphatic hydroxyl groups is 1. The highest BCUT2D eigenvalue weighted by Crippen LogP contribution is 2.51. The predicted octanol–water partition coefficient (Wildman–Crippen LogP) is 5.72. The topological polar surface area (TPSA) is 29.5 Å². The Kier molecular flexibility index (Phi) is 7.33. The fourth-order valence-electron chi connectivity index (χ4n) is 5.72. The quantitative estimate of drug-likeness (QED) is 0.413. The highest BCUT2D eigenvalue weighted by molar-refractivity contribution is 6.99. The van der Waals surface area contributed by atoms with E-state index in [0.29, 0.717) is 6.61 Å². The highest BCUT2D eigenvalue weighted by atomic mass is 28.4. The average Bonchev–Trinajstić information content (AvgIpc) is 3.11. The van der Waals surface area contributed by atoms with Crippen molar-refractivity contribution in [3.8, 4) is 0 Å². The standard InChI is InChI=1S/C29H40O2Si/c1-8-29(7)20-19-23(26(29)27(30)22(2)3)21-31-32(28(4,5)6,24-15-11-9-12-16-24)25-17-13-10-14-18-25/h8-18,23,26-27,30H,1-2,19-21H2,3-7H3/t23-,26+,27?,29+/m0/s1. The second-order valence-corrected chi connectivity index (χ2v) is 15.1. The Morgan fingerprint density at radius 2 is 1.62 bits per heavy atom. The Morgan fingerprint density at radius 1 is 1.12 bits per heavy atom. The van der Waals surface area contributed by atoms with E-state index < -0.39 is 14.4 Å². The van der Waals surface area contributed by atoms with Gasteiger partial charge in [-0.15, -0.1) is 6.58 Å². The van der Waals surface area contributed by atoms with Crippen molar-refractivity contribution in [3.63, 3.8) is 0 Å². The minimum Gasteiger partial charge on any atom is -0.407 e. The lowest BCUT2D eigenvalue weighted by Crippen LogP contribution is -2.67. The van der Waals surface area contributed by atoms with Crippen molar-refractivity contribution in [1.29, 1.82) is 0 Å². The molecule has 1 saturated carbocycles. The average molecular weight is 449 g/mol. The largest absolute Gasteiger partial charge is 0.407 e. The summed E-state index contributed by atoms with van der Waals surface area (Å²) in [6.07, 6.45) is 3.52. The van der Waals surface area contributed by atoms with Gasteiger partial charge in [-0.3, -0.25) is 0 Å². The molecule has 1 aliphatic carbocycles. The zero-order valence-electron chi connectivity index (χ0n) is 20.5. The molecule has 1 aliphatic rings. The van der Waals surface area contributed by atoms with Gasteiger partial charge in [0.05, 0.1) is 6.10 Å². The number of allylic oxidation sites excluding steroid dienone is 1. The van der Waals surface area contributed by atoms with Crippen molar-refractivity contribution in [2.45, 2.75) is 58.6 Å². The molecule has 2 aromatic carbocycles. The van der Waals surface area contributed by atoms with Gasteiger partial charge >= 0.3 is 0 Å². The van der Waals surface area contributed by atoms with Crippen LogP contribution < -0.4 is 10.4 Å². The van der Waals surface area contributed by atoms with Crippen molar-refractivity contribution in [3.05, 3.63) is 85.5 Å². The molecule has 2 nitrogen and oxygen atoms in total. The molecule has 4 atom stereocenters. The summed E-state index contributed by atoms with van der Waals surface area (Å²) in [7, 11) is -2.59. The van der Waals surface area contributed by atoms with Gasteiger partial charge in [0.15, 0.2) is 0 Å². The molecule has 1 N–H and O–H groups in total. The van der Waals surface area contributed by atoms with E-state index >= 15 is 0 Å². The lowest BCUT2D eigenvalue weighted by molar-refractivity contribution is 0.0503. The lowest BCUT2D eigenvalue weighted by Gasteiger charge is -2.44. The molecule has 0 saturated heterocycles. The summed E-state index contributed by atoms with van der Waals surface area (Å²) in [5, 5.41) is 13.6. The third-order valence-electron chi connectivity index (χ3n) is 7.57. The number of aliphatic hydroxyl groups excluding tert-OH is 1. The normalized spacial score (nSPS) is 24.8. The van der Waals surface area contributed by atoms with E-state index in [0.717, 1.165) is 18.4 Å². The van der Waals surface area contributed by atoms with Gasteiger partial charge in [0.1, 0.15) is 0 Å². The maximum absolute atomic E-state index is 11.1. The predicted molar refractivity (Wildman–Crippen MR) is 139 cm³/mol. The smallest absolute Gasteiger partial charge is 0.261 e. The van der Waals surface area contributed by atoms with Gasteiger partial charge < -0.3 is 9.53 Å².